The monoisotopic (exact) mass is 258 g/mol. The number of nitrogens with two attached hydrogens (primary N) is 1. The van der Waals surface area contributed by atoms with Crippen LogP contribution in [0.2, 0.25) is 0 Å². The molecule has 0 radical (unpaired) electrons. The molecule has 1 heterocycles. The fraction of sp³-hybridized carbons (Fsp3) is 0.400. The van der Waals surface area contributed by atoms with E-state index in [4.69, 9.17) is 10.7 Å². The van der Waals surface area contributed by atoms with Crippen molar-refractivity contribution in [3.05, 3.63) is 39.7 Å². The van der Waals surface area contributed by atoms with E-state index in [1.165, 1.54) is 23.1 Å². The third kappa shape index (κ3) is 1.88. The molecule has 1 saturated carbocycles. The highest BCUT2D eigenvalue weighted by molar-refractivity contribution is 7.10. The maximum Gasteiger partial charge on any atom is 0.113 e. The topological polar surface area (TPSA) is 38.9 Å². The fourth-order valence-corrected chi connectivity index (χ4v) is 3.31. The summed E-state index contributed by atoms with van der Waals surface area (Å²) in [6.45, 7) is 4.28. The van der Waals surface area contributed by atoms with E-state index in [-0.39, 0.29) is 5.54 Å². The van der Waals surface area contributed by atoms with Gasteiger partial charge in [0.05, 0.1) is 11.2 Å². The summed E-state index contributed by atoms with van der Waals surface area (Å²) < 4.78 is 0. The predicted octanol–water partition coefficient (Wildman–Crippen LogP) is 3.76. The summed E-state index contributed by atoms with van der Waals surface area (Å²) in [4.78, 5) is 4.74. The molecule has 1 aromatic carbocycles. The number of hydrogen-bond acceptors (Lipinski definition) is 3. The van der Waals surface area contributed by atoms with E-state index in [0.29, 0.717) is 0 Å². The molecule has 2 N–H and O–H groups in total. The van der Waals surface area contributed by atoms with Gasteiger partial charge in [-0.2, -0.15) is 0 Å². The van der Waals surface area contributed by atoms with Gasteiger partial charge in [-0.25, -0.2) is 4.98 Å². The summed E-state index contributed by atoms with van der Waals surface area (Å²) in [7, 11) is 0. The molecule has 0 amide bonds. The van der Waals surface area contributed by atoms with E-state index in [1.54, 1.807) is 11.3 Å². The highest BCUT2D eigenvalue weighted by Crippen LogP contribution is 2.41. The Kier molecular flexibility index (Phi) is 2.76. The molecule has 0 atom stereocenters. The summed E-state index contributed by atoms with van der Waals surface area (Å²) >= 11 is 1.70. The lowest BCUT2D eigenvalue weighted by atomic mass is 9.78. The van der Waals surface area contributed by atoms with Crippen molar-refractivity contribution in [3.63, 3.8) is 0 Å². The zero-order valence-corrected chi connectivity index (χ0v) is 11.7. The molecular formula is C15H18N2S. The van der Waals surface area contributed by atoms with Crippen molar-refractivity contribution in [2.75, 3.05) is 0 Å². The zero-order chi connectivity index (χ0) is 12.8. The lowest BCUT2D eigenvalue weighted by molar-refractivity contribution is 0.253. The van der Waals surface area contributed by atoms with Gasteiger partial charge in [-0.1, -0.05) is 12.1 Å². The van der Waals surface area contributed by atoms with E-state index in [9.17, 15) is 0 Å². The number of aryl methyl sites for hydroxylation is 2. The van der Waals surface area contributed by atoms with E-state index in [2.05, 4.69) is 37.4 Å². The van der Waals surface area contributed by atoms with Crippen molar-refractivity contribution in [2.24, 2.45) is 5.73 Å². The van der Waals surface area contributed by atoms with E-state index >= 15 is 0 Å². The molecule has 0 unspecified atom stereocenters. The molecule has 0 spiro atoms. The van der Waals surface area contributed by atoms with Crippen molar-refractivity contribution in [3.8, 4) is 11.3 Å². The largest absolute Gasteiger partial charge is 0.319 e. The van der Waals surface area contributed by atoms with Gasteiger partial charge in [-0.3, -0.25) is 0 Å². The lowest BCUT2D eigenvalue weighted by Gasteiger charge is -2.35. The Morgan fingerprint density at radius 3 is 2.61 bits per heavy atom. The number of aromatic nitrogens is 1. The van der Waals surface area contributed by atoms with E-state index in [1.807, 2.05) is 0 Å². The Balaban J connectivity index is 1.95. The van der Waals surface area contributed by atoms with Crippen LogP contribution in [0.15, 0.2) is 23.6 Å². The molecule has 1 aliphatic carbocycles. The first kappa shape index (κ1) is 11.9. The summed E-state index contributed by atoms with van der Waals surface area (Å²) in [5.41, 5.74) is 11.1. The molecule has 1 aromatic heterocycles. The third-order valence-electron chi connectivity index (χ3n) is 3.98. The highest BCUT2D eigenvalue weighted by atomic mass is 32.1. The Morgan fingerprint density at radius 2 is 2.00 bits per heavy atom. The van der Waals surface area contributed by atoms with Crippen molar-refractivity contribution >= 4 is 11.3 Å². The molecule has 2 aromatic rings. The zero-order valence-electron chi connectivity index (χ0n) is 10.9. The maximum absolute atomic E-state index is 6.32. The minimum atomic E-state index is -0.136. The molecule has 1 aliphatic rings. The fourth-order valence-electron chi connectivity index (χ4n) is 2.31. The second-order valence-corrected chi connectivity index (χ2v) is 6.20. The second kappa shape index (κ2) is 4.18. The standard InChI is InChI=1S/C15H18N2S/c1-10-4-5-12(8-11(10)2)13-9-18-14(17-13)15(16)6-3-7-15/h4-5,8-9H,3,6-7,16H2,1-2H3. The van der Waals surface area contributed by atoms with Crippen LogP contribution in [0.3, 0.4) is 0 Å². The number of nitrogens with zero attached hydrogens (tertiary/aromatic N) is 1. The summed E-state index contributed by atoms with van der Waals surface area (Å²) in [6.07, 6.45) is 3.38. The van der Waals surface area contributed by atoms with Gasteiger partial charge in [-0.05, 0) is 50.3 Å². The summed E-state index contributed by atoms with van der Waals surface area (Å²) in [5.74, 6) is 0. The van der Waals surface area contributed by atoms with Gasteiger partial charge in [0.1, 0.15) is 5.01 Å². The molecule has 3 rings (SSSR count). The van der Waals surface area contributed by atoms with Crippen LogP contribution in [0.1, 0.15) is 35.4 Å². The van der Waals surface area contributed by atoms with Crippen LogP contribution in [0, 0.1) is 13.8 Å². The SMILES string of the molecule is Cc1ccc(-c2csc(C3(N)CCC3)n2)cc1C. The van der Waals surface area contributed by atoms with Crippen molar-refractivity contribution in [1.82, 2.24) is 4.98 Å². The van der Waals surface area contributed by atoms with Crippen molar-refractivity contribution in [1.29, 1.82) is 0 Å². The Labute approximate surface area is 112 Å². The van der Waals surface area contributed by atoms with Crippen LogP contribution in [0.5, 0.6) is 0 Å². The van der Waals surface area contributed by atoms with Crippen LogP contribution < -0.4 is 5.73 Å². The van der Waals surface area contributed by atoms with Crippen LogP contribution in [-0.4, -0.2) is 4.98 Å². The first-order chi connectivity index (χ1) is 8.58. The van der Waals surface area contributed by atoms with Gasteiger partial charge >= 0.3 is 0 Å². The molecule has 0 aliphatic heterocycles. The van der Waals surface area contributed by atoms with Crippen LogP contribution >= 0.6 is 11.3 Å². The smallest absolute Gasteiger partial charge is 0.113 e. The minimum Gasteiger partial charge on any atom is -0.319 e. The van der Waals surface area contributed by atoms with Gasteiger partial charge in [0.25, 0.3) is 0 Å². The second-order valence-electron chi connectivity index (χ2n) is 5.35. The number of benzene rings is 1. The first-order valence-corrected chi connectivity index (χ1v) is 7.29. The van der Waals surface area contributed by atoms with E-state index in [0.717, 1.165) is 23.5 Å². The molecule has 2 nitrogen and oxygen atoms in total. The van der Waals surface area contributed by atoms with Crippen LogP contribution in [0.25, 0.3) is 11.3 Å². The highest BCUT2D eigenvalue weighted by Gasteiger charge is 2.37. The predicted molar refractivity (Wildman–Crippen MR) is 76.7 cm³/mol. The van der Waals surface area contributed by atoms with Crippen molar-refractivity contribution < 1.29 is 0 Å². The molecule has 18 heavy (non-hydrogen) atoms. The van der Waals surface area contributed by atoms with Crippen molar-refractivity contribution in [2.45, 2.75) is 38.6 Å². The Hall–Kier alpha value is -1.19. The van der Waals surface area contributed by atoms with Gasteiger partial charge in [0, 0.05) is 10.9 Å². The van der Waals surface area contributed by atoms with Crippen LogP contribution in [0.4, 0.5) is 0 Å². The average Bonchev–Trinajstić information content (AvgIpc) is 2.79. The normalized spacial score (nSPS) is 17.5. The number of thiazole rings is 1. The number of hydrogen-bond donors (Lipinski definition) is 1. The average molecular weight is 258 g/mol. The molecule has 3 heteroatoms. The molecule has 0 bridgehead atoms. The first-order valence-electron chi connectivity index (χ1n) is 6.41. The molecular weight excluding hydrogens is 240 g/mol. The summed E-state index contributed by atoms with van der Waals surface area (Å²) in [5, 5.41) is 3.23. The third-order valence-corrected chi connectivity index (χ3v) is 5.04. The van der Waals surface area contributed by atoms with Gasteiger partial charge in [0.2, 0.25) is 0 Å². The Bertz CT molecular complexity index is 582. The molecule has 1 fully saturated rings. The van der Waals surface area contributed by atoms with Gasteiger partial charge in [0.15, 0.2) is 0 Å². The van der Waals surface area contributed by atoms with Gasteiger partial charge < -0.3 is 5.73 Å². The van der Waals surface area contributed by atoms with Gasteiger partial charge in [-0.15, -0.1) is 11.3 Å². The maximum atomic E-state index is 6.32. The summed E-state index contributed by atoms with van der Waals surface area (Å²) in [6, 6.07) is 6.51. The quantitative estimate of drug-likeness (QED) is 0.890. The number of rotatable bonds is 2. The Morgan fingerprint density at radius 1 is 1.22 bits per heavy atom. The van der Waals surface area contributed by atoms with E-state index < -0.39 is 0 Å². The molecule has 0 saturated heterocycles. The minimum absolute atomic E-state index is 0.136. The lowest BCUT2D eigenvalue weighted by Crippen LogP contribution is -2.43. The molecule has 94 valence electrons. The van der Waals surface area contributed by atoms with Crippen LogP contribution in [-0.2, 0) is 5.54 Å².